The molecule has 0 spiro atoms. The minimum Gasteiger partial charge on any atom is -0.286 e. The molecule has 3 aromatic rings. The summed E-state index contributed by atoms with van der Waals surface area (Å²) in [6.07, 6.45) is 6.84. The van der Waals surface area contributed by atoms with Crippen molar-refractivity contribution < 1.29 is 8.42 Å². The Morgan fingerprint density at radius 2 is 1.91 bits per heavy atom. The molecule has 0 amide bonds. The highest BCUT2D eigenvalue weighted by Gasteiger charge is 2.35. The Balaban J connectivity index is 2.00. The molecule has 1 aliphatic rings. The molecule has 0 unspecified atom stereocenters. The lowest BCUT2D eigenvalue weighted by atomic mass is 10.2. The van der Waals surface area contributed by atoms with E-state index >= 15 is 0 Å². The summed E-state index contributed by atoms with van der Waals surface area (Å²) in [7, 11) is -3.52. The zero-order chi connectivity index (χ0) is 16.0. The molecule has 0 saturated heterocycles. The van der Waals surface area contributed by atoms with Crippen LogP contribution in [0.4, 0.5) is 11.5 Å². The second-order valence-corrected chi connectivity index (χ2v) is 7.58. The van der Waals surface area contributed by atoms with Crippen molar-refractivity contribution in [3.05, 3.63) is 54.5 Å². The van der Waals surface area contributed by atoms with E-state index in [2.05, 4.69) is 9.97 Å². The van der Waals surface area contributed by atoms with Crippen LogP contribution < -0.4 is 4.31 Å². The molecule has 1 fully saturated rings. The van der Waals surface area contributed by atoms with Gasteiger partial charge < -0.3 is 0 Å². The maximum Gasteiger partial charge on any atom is 0.237 e. The van der Waals surface area contributed by atoms with Crippen LogP contribution in [-0.2, 0) is 10.0 Å². The van der Waals surface area contributed by atoms with E-state index in [1.54, 1.807) is 18.3 Å². The third-order valence-corrected chi connectivity index (χ3v) is 4.95. The first-order valence-electron chi connectivity index (χ1n) is 7.44. The predicted octanol–water partition coefficient (Wildman–Crippen LogP) is 2.70. The normalized spacial score (nSPS) is 15.0. The fourth-order valence-electron chi connectivity index (χ4n) is 2.81. The summed E-state index contributed by atoms with van der Waals surface area (Å²) in [5.74, 6) is 1.31. The van der Waals surface area contributed by atoms with E-state index in [1.165, 1.54) is 10.6 Å². The average molecular weight is 328 g/mol. The highest BCUT2D eigenvalue weighted by molar-refractivity contribution is 7.92. The maximum atomic E-state index is 12.5. The van der Waals surface area contributed by atoms with Crippen molar-refractivity contribution in [2.24, 2.45) is 0 Å². The van der Waals surface area contributed by atoms with E-state index in [4.69, 9.17) is 0 Å². The highest BCUT2D eigenvalue weighted by Crippen LogP contribution is 2.46. The Hall–Kier alpha value is -2.41. The summed E-state index contributed by atoms with van der Waals surface area (Å²) < 4.78 is 28.1. The molecule has 7 heteroatoms. The van der Waals surface area contributed by atoms with Crippen molar-refractivity contribution in [3.63, 3.8) is 0 Å². The maximum absolute atomic E-state index is 12.5. The van der Waals surface area contributed by atoms with Crippen molar-refractivity contribution in [3.8, 4) is 0 Å². The minimum absolute atomic E-state index is 0.331. The van der Waals surface area contributed by atoms with Gasteiger partial charge in [0.25, 0.3) is 0 Å². The largest absolute Gasteiger partial charge is 0.286 e. The third kappa shape index (κ3) is 2.46. The number of hydrogen-bond donors (Lipinski definition) is 0. The molecule has 1 saturated carbocycles. The molecular weight excluding hydrogens is 312 g/mol. The van der Waals surface area contributed by atoms with Crippen LogP contribution >= 0.6 is 0 Å². The number of nitrogens with zero attached hydrogens (tertiary/aromatic N) is 4. The van der Waals surface area contributed by atoms with Gasteiger partial charge in [0.05, 0.1) is 17.6 Å². The second-order valence-electron chi connectivity index (χ2n) is 5.75. The van der Waals surface area contributed by atoms with Crippen molar-refractivity contribution in [1.29, 1.82) is 0 Å². The molecule has 118 valence electrons. The molecule has 0 N–H and O–H groups in total. The molecule has 1 aromatic carbocycles. The highest BCUT2D eigenvalue weighted by atomic mass is 32.2. The van der Waals surface area contributed by atoms with Crippen LogP contribution in [0.15, 0.2) is 48.8 Å². The minimum atomic E-state index is -3.52. The Bertz CT molecular complexity index is 962. The number of sulfonamides is 1. The summed E-state index contributed by atoms with van der Waals surface area (Å²) >= 11 is 0. The summed E-state index contributed by atoms with van der Waals surface area (Å²) in [6, 6.07) is 10.9. The topological polar surface area (TPSA) is 67.6 Å². The third-order valence-electron chi connectivity index (χ3n) is 3.90. The van der Waals surface area contributed by atoms with Gasteiger partial charge in [0, 0.05) is 18.3 Å². The van der Waals surface area contributed by atoms with Gasteiger partial charge >= 0.3 is 0 Å². The van der Waals surface area contributed by atoms with Gasteiger partial charge in [-0.05, 0) is 31.0 Å². The molecule has 23 heavy (non-hydrogen) atoms. The number of anilines is 2. The van der Waals surface area contributed by atoms with Crippen LogP contribution in [0.5, 0.6) is 0 Å². The van der Waals surface area contributed by atoms with Gasteiger partial charge in [0.2, 0.25) is 15.8 Å². The molecule has 6 nitrogen and oxygen atoms in total. The van der Waals surface area contributed by atoms with E-state index in [1.807, 2.05) is 34.9 Å². The quantitative estimate of drug-likeness (QED) is 0.738. The van der Waals surface area contributed by atoms with E-state index in [-0.39, 0.29) is 0 Å². The van der Waals surface area contributed by atoms with Crippen LogP contribution in [0.3, 0.4) is 0 Å². The summed E-state index contributed by atoms with van der Waals surface area (Å²) in [5, 5.41) is 0. The standard InChI is InChI=1S/C16H16N4O2S/c1-23(21,22)20(13-6-3-2-4-7-13)15-14(12-8-9-12)19-11-5-10-17-16(19)18-15/h2-7,10-12H,8-9H2,1H3. The average Bonchev–Trinajstić information content (AvgIpc) is 3.28. The number of imidazole rings is 1. The molecule has 0 radical (unpaired) electrons. The second kappa shape index (κ2) is 5.06. The fraction of sp³-hybridized carbons (Fsp3) is 0.250. The van der Waals surface area contributed by atoms with Crippen molar-refractivity contribution in [2.75, 3.05) is 10.6 Å². The molecule has 1 aliphatic carbocycles. The molecule has 4 rings (SSSR count). The number of hydrogen-bond acceptors (Lipinski definition) is 4. The number of para-hydroxylation sites is 1. The van der Waals surface area contributed by atoms with Crippen LogP contribution in [0.25, 0.3) is 5.78 Å². The van der Waals surface area contributed by atoms with Crippen molar-refractivity contribution in [2.45, 2.75) is 18.8 Å². The number of rotatable bonds is 4. The molecule has 0 bridgehead atoms. The Morgan fingerprint density at radius 1 is 1.17 bits per heavy atom. The van der Waals surface area contributed by atoms with Gasteiger partial charge in [0.15, 0.2) is 5.82 Å². The fourth-order valence-corrected chi connectivity index (χ4v) is 3.77. The van der Waals surface area contributed by atoms with Gasteiger partial charge in [0.1, 0.15) is 0 Å². The van der Waals surface area contributed by atoms with Gasteiger partial charge in [-0.1, -0.05) is 18.2 Å². The SMILES string of the molecule is CS(=O)(=O)N(c1ccccc1)c1nc2ncccn2c1C1CC1. The molecule has 2 aromatic heterocycles. The van der Waals surface area contributed by atoms with Gasteiger partial charge in [-0.25, -0.2) is 17.7 Å². The lowest BCUT2D eigenvalue weighted by Crippen LogP contribution is -2.26. The molecule has 0 atom stereocenters. The van der Waals surface area contributed by atoms with Gasteiger partial charge in [-0.3, -0.25) is 4.40 Å². The first-order chi connectivity index (χ1) is 11.1. The number of fused-ring (bicyclic) bond motifs is 1. The predicted molar refractivity (Wildman–Crippen MR) is 88.4 cm³/mol. The van der Waals surface area contributed by atoms with E-state index in [0.717, 1.165) is 18.5 Å². The van der Waals surface area contributed by atoms with Gasteiger partial charge in [-0.2, -0.15) is 4.98 Å². The molecule has 0 aliphatic heterocycles. The first-order valence-corrected chi connectivity index (χ1v) is 9.29. The van der Waals surface area contributed by atoms with Crippen LogP contribution in [0.2, 0.25) is 0 Å². The van der Waals surface area contributed by atoms with E-state index in [9.17, 15) is 8.42 Å². The summed E-state index contributed by atoms with van der Waals surface area (Å²) in [4.78, 5) is 8.78. The van der Waals surface area contributed by atoms with Crippen molar-refractivity contribution >= 4 is 27.3 Å². The molecule has 2 heterocycles. The van der Waals surface area contributed by atoms with E-state index < -0.39 is 10.0 Å². The Kier molecular flexibility index (Phi) is 3.12. The zero-order valence-corrected chi connectivity index (χ0v) is 13.4. The smallest absolute Gasteiger partial charge is 0.237 e. The Labute approximate surface area is 134 Å². The van der Waals surface area contributed by atoms with Crippen LogP contribution in [0.1, 0.15) is 24.5 Å². The lowest BCUT2D eigenvalue weighted by Gasteiger charge is -2.21. The zero-order valence-electron chi connectivity index (χ0n) is 12.6. The van der Waals surface area contributed by atoms with E-state index in [0.29, 0.717) is 23.2 Å². The lowest BCUT2D eigenvalue weighted by molar-refractivity contribution is 0.601. The molecular formula is C16H16N4O2S. The Morgan fingerprint density at radius 3 is 2.57 bits per heavy atom. The number of aromatic nitrogens is 3. The monoisotopic (exact) mass is 328 g/mol. The van der Waals surface area contributed by atoms with Gasteiger partial charge in [-0.15, -0.1) is 0 Å². The van der Waals surface area contributed by atoms with Crippen LogP contribution in [0, 0.1) is 0 Å². The first kappa shape index (κ1) is 14.2. The number of benzene rings is 1. The summed E-state index contributed by atoms with van der Waals surface area (Å²) in [5.41, 5.74) is 1.50. The van der Waals surface area contributed by atoms with Crippen molar-refractivity contribution in [1.82, 2.24) is 14.4 Å². The summed E-state index contributed by atoms with van der Waals surface area (Å²) in [6.45, 7) is 0. The van der Waals surface area contributed by atoms with Crippen LogP contribution in [-0.4, -0.2) is 29.0 Å².